The van der Waals surface area contributed by atoms with Crippen LogP contribution >= 0.6 is 7.80 Å². The van der Waals surface area contributed by atoms with Crippen LogP contribution in [0.2, 0.25) is 5.31 Å². The van der Waals surface area contributed by atoms with Crippen molar-refractivity contribution < 1.29 is 0 Å². The lowest BCUT2D eigenvalue weighted by atomic mass is 9.78. The van der Waals surface area contributed by atoms with E-state index in [-0.39, 0.29) is 5.31 Å². The molecule has 0 N–H and O–H groups in total. The van der Waals surface area contributed by atoms with Crippen molar-refractivity contribution in [2.24, 2.45) is 0 Å². The molecule has 5 rings (SSSR count). The number of hydrogen-bond donors (Lipinski definition) is 0. The highest BCUT2D eigenvalue weighted by atomic mass is 31.1. The first kappa shape index (κ1) is 19.3. The molecule has 2 heteroatoms. The zero-order valence-corrected chi connectivity index (χ0v) is 18.3. The maximum absolute atomic E-state index is 2.52. The third-order valence-electron chi connectivity index (χ3n) is 6.60. The van der Waals surface area contributed by atoms with Gasteiger partial charge < -0.3 is 0 Å². The van der Waals surface area contributed by atoms with E-state index in [0.717, 1.165) is 0 Å². The van der Waals surface area contributed by atoms with Crippen LogP contribution < -0.4 is 10.6 Å². The van der Waals surface area contributed by atoms with Crippen LogP contribution in [0.1, 0.15) is 29.9 Å². The molecule has 1 aliphatic rings. The smallest absolute Gasteiger partial charge is 0.0831 e. The second-order valence-corrected chi connectivity index (χ2v) is 10.7. The summed E-state index contributed by atoms with van der Waals surface area (Å²) in [6.45, 7) is 3.72. The van der Waals surface area contributed by atoms with E-state index in [1.54, 1.807) is 0 Å². The van der Waals surface area contributed by atoms with Crippen molar-refractivity contribution in [1.29, 1.82) is 0 Å². The Bertz CT molecular complexity index is 996. The van der Waals surface area contributed by atoms with E-state index in [0.29, 0.717) is 11.8 Å². The van der Waals surface area contributed by atoms with Crippen molar-refractivity contribution in [3.05, 3.63) is 132 Å². The second kappa shape index (κ2) is 8.25. The molecule has 0 nitrogen and oxygen atoms in total. The number of hydrogen-bond acceptors (Lipinski definition) is 0. The number of rotatable bonds is 6. The van der Waals surface area contributed by atoms with Crippen LogP contribution in [0.4, 0.5) is 0 Å². The molecular formula is C28H26BP. The average molecular weight is 404 g/mol. The van der Waals surface area contributed by atoms with Gasteiger partial charge in [-0.3, -0.25) is 0 Å². The van der Waals surface area contributed by atoms with Crippen molar-refractivity contribution in [3.8, 4) is 0 Å². The van der Waals surface area contributed by atoms with E-state index in [9.17, 15) is 0 Å². The normalized spacial score (nSPS) is 22.6. The van der Waals surface area contributed by atoms with Gasteiger partial charge in [-0.2, -0.15) is 0 Å². The quantitative estimate of drug-likeness (QED) is 0.264. The highest BCUT2D eigenvalue weighted by Gasteiger charge is 2.62. The molecule has 4 aromatic rings. The fraction of sp³-hybridized carbons (Fsp3) is 0.143. The molecule has 0 saturated heterocycles. The third-order valence-corrected chi connectivity index (χ3v) is 9.44. The second-order valence-electron chi connectivity index (χ2n) is 8.54. The van der Waals surface area contributed by atoms with E-state index < -0.39 is 7.80 Å². The summed E-state index contributed by atoms with van der Waals surface area (Å²) in [5, 5.41) is 3.20. The Balaban J connectivity index is 1.55. The number of benzene rings is 4. The molecule has 0 spiro atoms. The Kier molecular flexibility index (Phi) is 5.32. The van der Waals surface area contributed by atoms with Gasteiger partial charge in [0.05, 0.1) is 0 Å². The molecule has 0 bridgehead atoms. The molecule has 146 valence electrons. The van der Waals surface area contributed by atoms with Gasteiger partial charge in [0.2, 0.25) is 0 Å². The standard InChI is InChI=1S/C28H26BP/c1-28(29-30(24-18-10-4-11-19-24)25-20-12-5-13-21-25)26(22-14-6-2-7-15-22)27(28)23-16-8-3-9-17-23/h2-21,26-27,29H,1H3. The summed E-state index contributed by atoms with van der Waals surface area (Å²) < 4.78 is 0. The van der Waals surface area contributed by atoms with Crippen LogP contribution in [0.3, 0.4) is 0 Å². The minimum atomic E-state index is -0.410. The molecule has 0 aromatic heterocycles. The van der Waals surface area contributed by atoms with Crippen LogP contribution in [0.5, 0.6) is 0 Å². The Hall–Kier alpha value is -2.63. The Morgan fingerprint density at radius 3 is 1.23 bits per heavy atom. The summed E-state index contributed by atoms with van der Waals surface area (Å²) in [6.07, 6.45) is 0. The lowest BCUT2D eigenvalue weighted by Gasteiger charge is -2.23. The Labute approximate surface area is 182 Å². The molecule has 1 saturated carbocycles. The van der Waals surface area contributed by atoms with E-state index >= 15 is 0 Å². The maximum atomic E-state index is 2.52. The summed E-state index contributed by atoms with van der Waals surface area (Å²) in [5.41, 5.74) is 2.95. The minimum absolute atomic E-state index is 0.250. The molecule has 4 aromatic carbocycles. The first-order valence-electron chi connectivity index (χ1n) is 10.7. The predicted octanol–water partition coefficient (Wildman–Crippen LogP) is 6.23. The zero-order chi connectivity index (χ0) is 20.4. The van der Waals surface area contributed by atoms with Crippen molar-refractivity contribution >= 4 is 25.4 Å². The summed E-state index contributed by atoms with van der Waals surface area (Å²) in [7, 11) is -0.410. The van der Waals surface area contributed by atoms with Crippen LogP contribution in [0.25, 0.3) is 0 Å². The van der Waals surface area contributed by atoms with E-state index in [2.05, 4.69) is 128 Å². The fourth-order valence-electron chi connectivity index (χ4n) is 5.12. The van der Waals surface area contributed by atoms with Crippen molar-refractivity contribution in [2.45, 2.75) is 24.1 Å². The van der Waals surface area contributed by atoms with Gasteiger partial charge >= 0.3 is 0 Å². The third kappa shape index (κ3) is 3.64. The van der Waals surface area contributed by atoms with E-state index in [1.165, 1.54) is 28.7 Å². The predicted molar refractivity (Wildman–Crippen MR) is 133 cm³/mol. The van der Waals surface area contributed by atoms with Crippen molar-refractivity contribution in [1.82, 2.24) is 0 Å². The van der Waals surface area contributed by atoms with Crippen LogP contribution in [0.15, 0.2) is 121 Å². The largest absolute Gasteiger partial charge is 0.171 e. The van der Waals surface area contributed by atoms with Gasteiger partial charge in [-0.15, -0.1) is 0 Å². The fourth-order valence-corrected chi connectivity index (χ4v) is 7.92. The zero-order valence-electron chi connectivity index (χ0n) is 17.4. The average Bonchev–Trinajstić information content (AvgIpc) is 3.45. The molecule has 0 heterocycles. The van der Waals surface area contributed by atoms with Gasteiger partial charge in [0, 0.05) is 0 Å². The highest BCUT2D eigenvalue weighted by molar-refractivity contribution is 7.97. The highest BCUT2D eigenvalue weighted by Crippen LogP contribution is 2.77. The van der Waals surface area contributed by atoms with Crippen LogP contribution in [0, 0.1) is 0 Å². The topological polar surface area (TPSA) is 0 Å². The maximum Gasteiger partial charge on any atom is 0.171 e. The van der Waals surface area contributed by atoms with E-state index in [1.807, 2.05) is 0 Å². The SMILES string of the molecule is CC1(BP(c2ccccc2)c2ccccc2)C(c2ccccc2)C1c1ccccc1. The lowest BCUT2D eigenvalue weighted by molar-refractivity contribution is 0.918. The Morgan fingerprint density at radius 2 is 0.867 bits per heavy atom. The molecule has 2 unspecified atom stereocenters. The molecule has 1 fully saturated rings. The molecule has 30 heavy (non-hydrogen) atoms. The molecule has 0 radical (unpaired) electrons. The summed E-state index contributed by atoms with van der Waals surface area (Å²) >= 11 is 0. The molecule has 1 aliphatic carbocycles. The molecule has 0 amide bonds. The molecular weight excluding hydrogens is 378 g/mol. The first-order valence-corrected chi connectivity index (χ1v) is 12.3. The monoisotopic (exact) mass is 404 g/mol. The minimum Gasteiger partial charge on any atom is -0.0831 e. The molecule has 2 atom stereocenters. The van der Waals surface area contributed by atoms with Crippen molar-refractivity contribution in [3.63, 3.8) is 0 Å². The van der Waals surface area contributed by atoms with Gasteiger partial charge in [0.25, 0.3) is 0 Å². The van der Waals surface area contributed by atoms with E-state index in [4.69, 9.17) is 0 Å². The van der Waals surface area contributed by atoms with Crippen LogP contribution in [-0.2, 0) is 0 Å². The summed E-state index contributed by atoms with van der Waals surface area (Å²) in [5.74, 6) is 1.14. The summed E-state index contributed by atoms with van der Waals surface area (Å²) in [4.78, 5) is 0. The van der Waals surface area contributed by atoms with Gasteiger partial charge in [0.1, 0.15) is 0 Å². The summed E-state index contributed by atoms with van der Waals surface area (Å²) in [6, 6.07) is 44.6. The van der Waals surface area contributed by atoms with Gasteiger partial charge in [-0.05, 0) is 38.9 Å². The van der Waals surface area contributed by atoms with Crippen molar-refractivity contribution in [2.75, 3.05) is 0 Å². The lowest BCUT2D eigenvalue weighted by Crippen LogP contribution is -2.19. The van der Waals surface area contributed by atoms with Gasteiger partial charge in [0.15, 0.2) is 7.00 Å². The Morgan fingerprint density at radius 1 is 0.533 bits per heavy atom. The van der Waals surface area contributed by atoms with Gasteiger partial charge in [-0.25, -0.2) is 0 Å². The van der Waals surface area contributed by atoms with Crippen LogP contribution in [-0.4, -0.2) is 7.00 Å². The first-order chi connectivity index (χ1) is 14.8. The van der Waals surface area contributed by atoms with Gasteiger partial charge in [-0.1, -0.05) is 136 Å². The molecule has 0 aliphatic heterocycles.